The van der Waals surface area contributed by atoms with Gasteiger partial charge in [-0.15, -0.1) is 0 Å². The van der Waals surface area contributed by atoms with Crippen LogP contribution in [0.2, 0.25) is 0 Å². The molecular formula is C29H27NO7. The third-order valence-corrected chi connectivity index (χ3v) is 6.19. The molecule has 1 aliphatic heterocycles. The van der Waals surface area contributed by atoms with E-state index in [1.165, 1.54) is 24.1 Å². The number of ketones is 1. The molecular weight excluding hydrogens is 474 g/mol. The number of carbonyl (C=O) groups is 3. The minimum Gasteiger partial charge on any atom is -0.508 e. The number of aromatic hydroxyl groups is 1. The smallest absolute Gasteiger partial charge is 0.310 e. The molecule has 1 saturated heterocycles. The van der Waals surface area contributed by atoms with Gasteiger partial charge in [-0.2, -0.15) is 0 Å². The van der Waals surface area contributed by atoms with E-state index in [2.05, 4.69) is 0 Å². The number of benzene rings is 3. The van der Waals surface area contributed by atoms with E-state index in [4.69, 9.17) is 9.47 Å². The molecule has 0 spiro atoms. The largest absolute Gasteiger partial charge is 0.508 e. The Morgan fingerprint density at radius 3 is 2.27 bits per heavy atom. The van der Waals surface area contributed by atoms with Crippen LogP contribution in [0.3, 0.4) is 0 Å². The number of esters is 1. The van der Waals surface area contributed by atoms with Gasteiger partial charge in [-0.3, -0.25) is 19.3 Å². The molecule has 1 heterocycles. The highest BCUT2D eigenvalue weighted by Crippen LogP contribution is 2.42. The first-order valence-corrected chi connectivity index (χ1v) is 11.7. The van der Waals surface area contributed by atoms with Crippen molar-refractivity contribution < 1.29 is 34.1 Å². The van der Waals surface area contributed by atoms with Crippen LogP contribution in [0, 0.1) is 6.92 Å². The number of anilines is 1. The molecule has 1 fully saturated rings. The first kappa shape index (κ1) is 25.5. The highest BCUT2D eigenvalue weighted by Gasteiger charge is 2.47. The molecule has 2 N–H and O–H groups in total. The van der Waals surface area contributed by atoms with Gasteiger partial charge in [0.1, 0.15) is 17.3 Å². The number of amides is 1. The van der Waals surface area contributed by atoms with Gasteiger partial charge in [-0.05, 0) is 73.0 Å². The van der Waals surface area contributed by atoms with Gasteiger partial charge >= 0.3 is 5.97 Å². The number of methoxy groups -OCH3 is 1. The molecule has 8 heteroatoms. The lowest BCUT2D eigenvalue weighted by Crippen LogP contribution is -2.29. The number of aryl methyl sites for hydroxylation is 1. The third kappa shape index (κ3) is 5.04. The summed E-state index contributed by atoms with van der Waals surface area (Å²) in [6.07, 6.45) is 0.0746. The zero-order valence-electron chi connectivity index (χ0n) is 20.7. The van der Waals surface area contributed by atoms with Crippen LogP contribution < -0.4 is 9.64 Å². The summed E-state index contributed by atoms with van der Waals surface area (Å²) in [5, 5.41) is 21.1. The number of hydrogen-bond donors (Lipinski definition) is 2. The van der Waals surface area contributed by atoms with E-state index in [0.717, 1.165) is 5.56 Å². The van der Waals surface area contributed by atoms with Crippen LogP contribution in [-0.4, -0.2) is 41.6 Å². The minimum atomic E-state index is -0.945. The molecule has 8 nitrogen and oxygen atoms in total. The normalized spacial score (nSPS) is 16.6. The molecule has 1 amide bonds. The summed E-state index contributed by atoms with van der Waals surface area (Å²) in [7, 11) is 1.54. The summed E-state index contributed by atoms with van der Waals surface area (Å²) in [4.78, 5) is 39.8. The molecule has 190 valence electrons. The van der Waals surface area contributed by atoms with Crippen molar-refractivity contribution in [1.82, 2.24) is 0 Å². The van der Waals surface area contributed by atoms with Crippen molar-refractivity contribution in [3.8, 4) is 11.5 Å². The van der Waals surface area contributed by atoms with Crippen LogP contribution in [0.1, 0.15) is 35.2 Å². The van der Waals surface area contributed by atoms with Crippen molar-refractivity contribution >= 4 is 29.1 Å². The lowest BCUT2D eigenvalue weighted by atomic mass is 9.94. The molecule has 0 saturated carbocycles. The number of carbonyl (C=O) groups excluding carboxylic acids is 3. The maximum Gasteiger partial charge on any atom is 0.310 e. The minimum absolute atomic E-state index is 0.0230. The fraction of sp³-hybridized carbons (Fsp3) is 0.207. The number of rotatable bonds is 7. The summed E-state index contributed by atoms with van der Waals surface area (Å²) < 4.78 is 10.3. The Kier molecular flexibility index (Phi) is 7.29. The molecule has 3 aromatic carbocycles. The van der Waals surface area contributed by atoms with Crippen LogP contribution in [0.25, 0.3) is 5.76 Å². The lowest BCUT2D eigenvalue weighted by molar-refractivity contribution is -0.142. The van der Waals surface area contributed by atoms with E-state index in [0.29, 0.717) is 28.1 Å². The van der Waals surface area contributed by atoms with Crippen LogP contribution in [0.4, 0.5) is 5.69 Å². The zero-order chi connectivity index (χ0) is 26.7. The summed E-state index contributed by atoms with van der Waals surface area (Å²) >= 11 is 0. The molecule has 0 radical (unpaired) electrons. The number of phenolic OH excluding ortho intramolecular Hbond substituents is 1. The summed E-state index contributed by atoms with van der Waals surface area (Å²) in [6, 6.07) is 16.8. The fourth-order valence-electron chi connectivity index (χ4n) is 4.41. The Morgan fingerprint density at radius 2 is 1.68 bits per heavy atom. The second kappa shape index (κ2) is 10.6. The number of ether oxygens (including phenoxy) is 2. The predicted molar refractivity (Wildman–Crippen MR) is 137 cm³/mol. The first-order chi connectivity index (χ1) is 17.7. The topological polar surface area (TPSA) is 113 Å². The number of aliphatic hydroxyl groups excluding tert-OH is 1. The van der Waals surface area contributed by atoms with Crippen LogP contribution >= 0.6 is 0 Å². The molecule has 1 unspecified atom stereocenters. The van der Waals surface area contributed by atoms with Crippen LogP contribution in [0.5, 0.6) is 11.5 Å². The van der Waals surface area contributed by atoms with Crippen LogP contribution in [-0.2, 0) is 25.5 Å². The Bertz CT molecular complexity index is 1370. The van der Waals surface area contributed by atoms with Gasteiger partial charge in [-0.25, -0.2) is 0 Å². The molecule has 0 aliphatic carbocycles. The molecule has 1 aliphatic rings. The van der Waals surface area contributed by atoms with Gasteiger partial charge in [0, 0.05) is 11.3 Å². The monoisotopic (exact) mass is 501 g/mol. The highest BCUT2D eigenvalue weighted by atomic mass is 16.5. The standard InChI is InChI=1S/C29H27NO7/c1-4-37-24(32)16-18-5-10-21(11-6-18)30-26(19-7-12-22(31)13-8-19)25(28(34)29(30)35)27(33)20-9-14-23(36-3)17(2)15-20/h5-15,26,31,33H,4,16H2,1-3H3/b27-25-. The van der Waals surface area contributed by atoms with E-state index >= 15 is 0 Å². The van der Waals surface area contributed by atoms with Gasteiger partial charge in [0.15, 0.2) is 0 Å². The highest BCUT2D eigenvalue weighted by molar-refractivity contribution is 6.51. The average molecular weight is 502 g/mol. The van der Waals surface area contributed by atoms with Crippen molar-refractivity contribution in [3.63, 3.8) is 0 Å². The molecule has 0 aromatic heterocycles. The van der Waals surface area contributed by atoms with E-state index in [-0.39, 0.29) is 36.1 Å². The van der Waals surface area contributed by atoms with Crippen molar-refractivity contribution in [1.29, 1.82) is 0 Å². The van der Waals surface area contributed by atoms with Crippen molar-refractivity contribution in [3.05, 3.63) is 94.6 Å². The fourth-order valence-corrected chi connectivity index (χ4v) is 4.41. The number of aliphatic hydroxyl groups is 1. The second-order valence-electron chi connectivity index (χ2n) is 8.59. The van der Waals surface area contributed by atoms with Gasteiger partial charge in [0.05, 0.1) is 31.8 Å². The van der Waals surface area contributed by atoms with Crippen molar-refractivity contribution in [2.75, 3.05) is 18.6 Å². The maximum atomic E-state index is 13.3. The number of phenols is 1. The maximum absolute atomic E-state index is 13.3. The van der Waals surface area contributed by atoms with Gasteiger partial charge in [-0.1, -0.05) is 24.3 Å². The van der Waals surface area contributed by atoms with Gasteiger partial charge < -0.3 is 19.7 Å². The summed E-state index contributed by atoms with van der Waals surface area (Å²) in [5.41, 5.74) is 2.67. The quantitative estimate of drug-likeness (QED) is 0.213. The van der Waals surface area contributed by atoms with E-state index in [1.807, 2.05) is 6.92 Å². The number of Topliss-reactive ketones (excluding diaryl/α,β-unsaturated/α-hetero) is 1. The Morgan fingerprint density at radius 1 is 1.00 bits per heavy atom. The Balaban J connectivity index is 1.81. The zero-order valence-corrected chi connectivity index (χ0v) is 20.7. The predicted octanol–water partition coefficient (Wildman–Crippen LogP) is 4.44. The van der Waals surface area contributed by atoms with E-state index < -0.39 is 17.7 Å². The number of hydrogen-bond acceptors (Lipinski definition) is 7. The molecule has 4 rings (SSSR count). The second-order valence-corrected chi connectivity index (χ2v) is 8.59. The van der Waals surface area contributed by atoms with Crippen LogP contribution in [0.15, 0.2) is 72.3 Å². The van der Waals surface area contributed by atoms with Crippen molar-refractivity contribution in [2.45, 2.75) is 26.3 Å². The van der Waals surface area contributed by atoms with E-state index in [9.17, 15) is 24.6 Å². The van der Waals surface area contributed by atoms with Gasteiger partial charge in [0.25, 0.3) is 11.7 Å². The summed E-state index contributed by atoms with van der Waals surface area (Å²) in [5.74, 6) is -1.68. The lowest BCUT2D eigenvalue weighted by Gasteiger charge is -2.25. The SMILES string of the molecule is CCOC(=O)Cc1ccc(N2C(=O)C(=O)/C(=C(\O)c3ccc(OC)c(C)c3)C2c2ccc(O)cc2)cc1. The summed E-state index contributed by atoms with van der Waals surface area (Å²) in [6.45, 7) is 3.82. The average Bonchev–Trinajstić information content (AvgIpc) is 3.15. The van der Waals surface area contributed by atoms with Gasteiger partial charge in [0.2, 0.25) is 0 Å². The molecule has 1 atom stereocenters. The van der Waals surface area contributed by atoms with E-state index in [1.54, 1.807) is 61.5 Å². The molecule has 3 aromatic rings. The Hall–Kier alpha value is -4.59. The van der Waals surface area contributed by atoms with Crippen molar-refractivity contribution in [2.24, 2.45) is 0 Å². The molecule has 37 heavy (non-hydrogen) atoms. The third-order valence-electron chi connectivity index (χ3n) is 6.19. The molecule has 0 bridgehead atoms. The number of nitrogens with zero attached hydrogens (tertiary/aromatic N) is 1. The Labute approximate surface area is 214 Å². The first-order valence-electron chi connectivity index (χ1n) is 11.7.